The van der Waals surface area contributed by atoms with Gasteiger partial charge in [0.1, 0.15) is 21.5 Å². The minimum absolute atomic E-state index is 0.0592. The molecule has 2 aliphatic heterocycles. The molecule has 1 saturated heterocycles. The highest BCUT2D eigenvalue weighted by Gasteiger charge is 2.46. The number of anilines is 3. The number of amides is 1. The average molecular weight is 514 g/mol. The van der Waals surface area contributed by atoms with Gasteiger partial charge in [0.15, 0.2) is 16.6 Å². The van der Waals surface area contributed by atoms with E-state index in [0.717, 1.165) is 42.9 Å². The summed E-state index contributed by atoms with van der Waals surface area (Å²) in [6, 6.07) is 6.72. The van der Waals surface area contributed by atoms with Gasteiger partial charge in [-0.3, -0.25) is 4.79 Å². The Balaban J connectivity index is 1.16. The Bertz CT molecular complexity index is 1400. The lowest BCUT2D eigenvalue weighted by atomic mass is 9.51. The third-order valence-electron chi connectivity index (χ3n) is 8.47. The van der Waals surface area contributed by atoms with Crippen LogP contribution in [0.2, 0.25) is 0 Å². The first kappa shape index (κ1) is 24.2. The highest BCUT2D eigenvalue weighted by molar-refractivity contribution is 7.15. The van der Waals surface area contributed by atoms with Crippen LogP contribution < -0.4 is 22.1 Å². The van der Waals surface area contributed by atoms with Crippen molar-refractivity contribution < 1.29 is 4.79 Å². The molecule has 1 aliphatic carbocycles. The third kappa shape index (κ3) is 3.97. The maximum absolute atomic E-state index is 13.4. The number of nitrogen functional groups attached to an aromatic ring is 2. The number of hydrogen-bond acceptors (Lipinski definition) is 9. The van der Waals surface area contributed by atoms with Gasteiger partial charge in [0.05, 0.1) is 18.4 Å². The van der Waals surface area contributed by atoms with Gasteiger partial charge in [-0.15, -0.1) is 11.3 Å². The number of carbonyl (C=O) groups is 1. The zero-order valence-corrected chi connectivity index (χ0v) is 22.4. The van der Waals surface area contributed by atoms with Crippen LogP contribution in [-0.2, 0) is 18.2 Å². The number of hydrogen-bond donors (Lipinski definition) is 3. The van der Waals surface area contributed by atoms with Gasteiger partial charge in [-0.25, -0.2) is 15.0 Å². The van der Waals surface area contributed by atoms with Gasteiger partial charge >= 0.3 is 0 Å². The molecule has 3 aromatic rings. The number of carbonyl (C=O) groups excluding carboxylic acids is 1. The number of aromatic nitrogens is 3. The van der Waals surface area contributed by atoms with E-state index in [1.165, 1.54) is 28.0 Å². The molecule has 37 heavy (non-hydrogen) atoms. The maximum atomic E-state index is 13.4. The molecule has 0 bridgehead atoms. The van der Waals surface area contributed by atoms with Gasteiger partial charge in [-0.05, 0) is 47.9 Å². The van der Waals surface area contributed by atoms with Crippen LogP contribution >= 0.6 is 11.3 Å². The van der Waals surface area contributed by atoms with Crippen LogP contribution in [0.5, 0.6) is 0 Å². The van der Waals surface area contributed by atoms with E-state index >= 15 is 0 Å². The van der Waals surface area contributed by atoms with Crippen LogP contribution in [0, 0.1) is 12.3 Å². The molecular formula is C25H32B2N8OS. The molecule has 1 spiro atoms. The first-order chi connectivity index (χ1) is 17.6. The van der Waals surface area contributed by atoms with Crippen molar-refractivity contribution in [3.8, 4) is 0 Å². The van der Waals surface area contributed by atoms with Crippen LogP contribution in [0.1, 0.15) is 56.6 Å². The number of benzene rings is 1. The van der Waals surface area contributed by atoms with Crippen LogP contribution in [0.3, 0.4) is 0 Å². The Labute approximate surface area is 222 Å². The molecule has 6 N–H and O–H groups in total. The fourth-order valence-electron chi connectivity index (χ4n) is 6.44. The summed E-state index contributed by atoms with van der Waals surface area (Å²) in [6.45, 7) is 4.75. The summed E-state index contributed by atoms with van der Waals surface area (Å²) in [7, 11) is 4.14. The standard InChI is InChI=1S/C25H32B2N8OS/c1-13-2-3-14-9-24(19(28)15(14)8-13)4-6-34(7-5-24)17-10-31-18(21(29)32-17)22(36)35-11-16-20(25(26,27)12-35)33-23(30)37-16/h2-3,8,10,19H,4-7,9,11-12,26-28H2,1H3,(H2,29,32)(H2,30,33). The Morgan fingerprint density at radius 3 is 2.68 bits per heavy atom. The molecule has 0 radical (unpaired) electrons. The number of rotatable bonds is 2. The second-order valence-electron chi connectivity index (χ2n) is 11.5. The zero-order valence-electron chi connectivity index (χ0n) is 21.6. The first-order valence-corrected chi connectivity index (χ1v) is 13.7. The van der Waals surface area contributed by atoms with Crippen molar-refractivity contribution in [1.29, 1.82) is 0 Å². The number of aryl methyl sites for hydroxylation is 1. The summed E-state index contributed by atoms with van der Waals surface area (Å²) in [5.74, 6) is 0.654. The van der Waals surface area contributed by atoms with Crippen molar-refractivity contribution in [2.24, 2.45) is 11.1 Å². The molecule has 0 saturated carbocycles. The molecule has 1 amide bonds. The van der Waals surface area contributed by atoms with Gasteiger partial charge in [0.2, 0.25) is 0 Å². The van der Waals surface area contributed by atoms with Crippen LogP contribution in [0.4, 0.5) is 16.8 Å². The third-order valence-corrected chi connectivity index (χ3v) is 9.34. The summed E-state index contributed by atoms with van der Waals surface area (Å²) >= 11 is 1.43. The fraction of sp³-hybridized carbons (Fsp3) is 0.440. The lowest BCUT2D eigenvalue weighted by Crippen LogP contribution is -2.49. The van der Waals surface area contributed by atoms with Gasteiger partial charge in [0, 0.05) is 30.6 Å². The SMILES string of the molecule is BC1(B)CN(C(=O)c2ncc(N3CCC4(CC3)Cc3ccc(C)cc3C4N)nc2N)Cc2sc(N)nc21. The molecule has 12 heteroatoms. The molecule has 9 nitrogen and oxygen atoms in total. The van der Waals surface area contributed by atoms with Crippen molar-refractivity contribution >= 4 is 49.7 Å². The van der Waals surface area contributed by atoms with E-state index in [4.69, 9.17) is 17.2 Å². The van der Waals surface area contributed by atoms with Crippen molar-refractivity contribution in [1.82, 2.24) is 19.9 Å². The fourth-order valence-corrected chi connectivity index (χ4v) is 7.47. The predicted molar refractivity (Wildman–Crippen MR) is 152 cm³/mol. The summed E-state index contributed by atoms with van der Waals surface area (Å²) < 4.78 is 0. The number of thiazole rings is 1. The Kier molecular flexibility index (Phi) is 5.54. The molecule has 1 atom stereocenters. The second-order valence-corrected chi connectivity index (χ2v) is 12.7. The summed E-state index contributed by atoms with van der Waals surface area (Å²) in [5.41, 5.74) is 24.2. The normalized spacial score (nSPS) is 21.6. The van der Waals surface area contributed by atoms with Crippen LogP contribution in [0.25, 0.3) is 0 Å². The summed E-state index contributed by atoms with van der Waals surface area (Å²) in [6.07, 6.45) is 4.67. The first-order valence-electron chi connectivity index (χ1n) is 12.8. The van der Waals surface area contributed by atoms with Crippen molar-refractivity contribution in [2.45, 2.75) is 44.0 Å². The molecule has 190 valence electrons. The molecular weight excluding hydrogens is 482 g/mol. The Morgan fingerprint density at radius 1 is 1.19 bits per heavy atom. The van der Waals surface area contributed by atoms with E-state index in [1.807, 2.05) is 0 Å². The van der Waals surface area contributed by atoms with Crippen molar-refractivity contribution in [2.75, 3.05) is 36.0 Å². The summed E-state index contributed by atoms with van der Waals surface area (Å²) in [5, 5.41) is 0.222. The van der Waals surface area contributed by atoms with Gasteiger partial charge in [-0.1, -0.05) is 23.8 Å². The molecule has 1 aromatic carbocycles. The van der Waals surface area contributed by atoms with E-state index < -0.39 is 0 Å². The van der Waals surface area contributed by atoms with E-state index in [9.17, 15) is 4.79 Å². The average Bonchev–Trinajstić information content (AvgIpc) is 3.36. The van der Waals surface area contributed by atoms with Crippen molar-refractivity contribution in [3.63, 3.8) is 0 Å². The topological polar surface area (TPSA) is 140 Å². The van der Waals surface area contributed by atoms with Gasteiger partial charge < -0.3 is 27.0 Å². The van der Waals surface area contributed by atoms with E-state index in [-0.39, 0.29) is 34.1 Å². The highest BCUT2D eigenvalue weighted by atomic mass is 32.1. The lowest BCUT2D eigenvalue weighted by molar-refractivity contribution is 0.0720. The Morgan fingerprint density at radius 2 is 1.95 bits per heavy atom. The number of nitrogens with two attached hydrogens (primary N) is 3. The molecule has 6 rings (SSSR count). The minimum atomic E-state index is -0.303. The smallest absolute Gasteiger partial charge is 0.276 e. The second kappa shape index (κ2) is 8.46. The lowest BCUT2D eigenvalue weighted by Gasteiger charge is -2.42. The highest BCUT2D eigenvalue weighted by Crippen LogP contribution is 2.51. The predicted octanol–water partition coefficient (Wildman–Crippen LogP) is 0.324. The molecule has 1 fully saturated rings. The number of fused-ring (bicyclic) bond motifs is 2. The van der Waals surface area contributed by atoms with Gasteiger partial charge in [-0.2, -0.15) is 0 Å². The van der Waals surface area contributed by atoms with E-state index in [0.29, 0.717) is 24.0 Å². The number of nitrogens with zero attached hydrogens (tertiary/aromatic N) is 5. The van der Waals surface area contributed by atoms with Crippen LogP contribution in [0.15, 0.2) is 24.4 Å². The largest absolute Gasteiger partial charge is 0.382 e. The Hall–Kier alpha value is -3.11. The van der Waals surface area contributed by atoms with E-state index in [1.54, 1.807) is 11.1 Å². The molecule has 3 aliphatic rings. The molecule has 4 heterocycles. The quantitative estimate of drug-likeness (QED) is 0.416. The minimum Gasteiger partial charge on any atom is -0.382 e. The monoisotopic (exact) mass is 514 g/mol. The molecule has 1 unspecified atom stereocenters. The van der Waals surface area contributed by atoms with Gasteiger partial charge in [0.25, 0.3) is 5.91 Å². The van der Waals surface area contributed by atoms with Crippen LogP contribution in [-0.4, -0.2) is 61.1 Å². The summed E-state index contributed by atoms with van der Waals surface area (Å²) in [4.78, 5) is 32.0. The zero-order chi connectivity index (χ0) is 26.1. The molecule has 2 aromatic heterocycles. The van der Waals surface area contributed by atoms with E-state index in [2.05, 4.69) is 60.7 Å². The maximum Gasteiger partial charge on any atom is 0.276 e. The number of piperidine rings is 1. The van der Waals surface area contributed by atoms with Crippen molar-refractivity contribution in [3.05, 3.63) is 57.4 Å².